The molecule has 16 heavy (non-hydrogen) atoms. The Morgan fingerprint density at radius 1 is 1.38 bits per heavy atom. The second-order valence-electron chi connectivity index (χ2n) is 4.22. The molecule has 0 heterocycles. The van der Waals surface area contributed by atoms with Crippen LogP contribution in [0.15, 0.2) is 0 Å². The molecule has 0 saturated heterocycles. The number of methoxy groups -OCH3 is 1. The zero-order valence-electron chi connectivity index (χ0n) is 10.1. The molecule has 6 nitrogen and oxygen atoms in total. The molecule has 0 saturated carbocycles. The summed E-state index contributed by atoms with van der Waals surface area (Å²) in [6, 6.07) is 0. The van der Waals surface area contributed by atoms with Crippen LogP contribution in [0, 0.1) is 0 Å². The first-order valence-electron chi connectivity index (χ1n) is 5.16. The van der Waals surface area contributed by atoms with Gasteiger partial charge in [-0.15, -0.1) is 0 Å². The van der Waals surface area contributed by atoms with Crippen LogP contribution < -0.4 is 16.4 Å². The predicted molar refractivity (Wildman–Crippen MR) is 60.8 cm³/mol. The maximum Gasteiger partial charge on any atom is 0.234 e. The van der Waals surface area contributed by atoms with Crippen LogP contribution in [0.4, 0.5) is 0 Å². The van der Waals surface area contributed by atoms with Gasteiger partial charge in [-0.3, -0.25) is 9.59 Å². The lowest BCUT2D eigenvalue weighted by atomic mass is 10.0. The van der Waals surface area contributed by atoms with E-state index in [9.17, 15) is 9.59 Å². The fraction of sp³-hybridized carbons (Fsp3) is 0.800. The van der Waals surface area contributed by atoms with Gasteiger partial charge in [0.25, 0.3) is 0 Å². The standard InChI is InChI=1S/C10H21N3O3/c1-10(2,6-8(11)14)13-7-9(15)12-4-5-16-3/h13H,4-7H2,1-3H3,(H2,11,14)(H,12,15). The molecule has 0 unspecified atom stereocenters. The van der Waals surface area contributed by atoms with Crippen molar-refractivity contribution in [1.29, 1.82) is 0 Å². The summed E-state index contributed by atoms with van der Waals surface area (Å²) >= 11 is 0. The van der Waals surface area contributed by atoms with Gasteiger partial charge in [0, 0.05) is 25.6 Å². The summed E-state index contributed by atoms with van der Waals surface area (Å²) in [5.74, 6) is -0.521. The molecule has 0 aliphatic carbocycles. The van der Waals surface area contributed by atoms with Crippen molar-refractivity contribution in [2.75, 3.05) is 26.8 Å². The Morgan fingerprint density at radius 2 is 2.00 bits per heavy atom. The quantitative estimate of drug-likeness (QED) is 0.467. The fourth-order valence-corrected chi connectivity index (χ4v) is 1.17. The second-order valence-corrected chi connectivity index (χ2v) is 4.22. The predicted octanol–water partition coefficient (Wildman–Crippen LogP) is -1.01. The third-order valence-electron chi connectivity index (χ3n) is 1.97. The van der Waals surface area contributed by atoms with Crippen LogP contribution in [0.5, 0.6) is 0 Å². The Hall–Kier alpha value is -1.14. The minimum Gasteiger partial charge on any atom is -0.383 e. The molecule has 0 spiro atoms. The summed E-state index contributed by atoms with van der Waals surface area (Å²) in [7, 11) is 1.57. The summed E-state index contributed by atoms with van der Waals surface area (Å²) in [4.78, 5) is 22.0. The summed E-state index contributed by atoms with van der Waals surface area (Å²) < 4.78 is 4.79. The van der Waals surface area contributed by atoms with Crippen LogP contribution >= 0.6 is 0 Å². The summed E-state index contributed by atoms with van der Waals surface area (Å²) in [5, 5.41) is 5.63. The molecule has 0 bridgehead atoms. The Balaban J connectivity index is 3.77. The van der Waals surface area contributed by atoms with E-state index in [1.807, 2.05) is 13.8 Å². The van der Waals surface area contributed by atoms with Gasteiger partial charge in [-0.25, -0.2) is 0 Å². The lowest BCUT2D eigenvalue weighted by Crippen LogP contribution is -2.47. The van der Waals surface area contributed by atoms with Crippen LogP contribution in [-0.4, -0.2) is 44.2 Å². The number of nitrogens with two attached hydrogens (primary N) is 1. The van der Waals surface area contributed by atoms with Crippen LogP contribution in [0.25, 0.3) is 0 Å². The molecule has 0 fully saturated rings. The Kier molecular flexibility index (Phi) is 6.67. The molecule has 2 amide bonds. The Bertz CT molecular complexity index is 241. The van der Waals surface area contributed by atoms with E-state index < -0.39 is 11.4 Å². The van der Waals surface area contributed by atoms with Crippen molar-refractivity contribution in [2.24, 2.45) is 5.73 Å². The maximum absolute atomic E-state index is 11.3. The number of amides is 2. The maximum atomic E-state index is 11.3. The van der Waals surface area contributed by atoms with E-state index in [2.05, 4.69) is 10.6 Å². The van der Waals surface area contributed by atoms with Gasteiger partial charge < -0.3 is 21.1 Å². The molecule has 0 aliphatic rings. The van der Waals surface area contributed by atoms with E-state index in [0.717, 1.165) is 0 Å². The van der Waals surface area contributed by atoms with E-state index in [1.54, 1.807) is 7.11 Å². The normalized spacial score (nSPS) is 11.2. The molecule has 0 atom stereocenters. The van der Waals surface area contributed by atoms with E-state index in [0.29, 0.717) is 13.2 Å². The van der Waals surface area contributed by atoms with Gasteiger partial charge in [0.05, 0.1) is 13.2 Å². The minimum atomic E-state index is -0.468. The van der Waals surface area contributed by atoms with E-state index in [-0.39, 0.29) is 18.9 Å². The van der Waals surface area contributed by atoms with Gasteiger partial charge in [0.1, 0.15) is 0 Å². The van der Waals surface area contributed by atoms with E-state index in [4.69, 9.17) is 10.5 Å². The van der Waals surface area contributed by atoms with Crippen molar-refractivity contribution in [3.8, 4) is 0 Å². The molecule has 4 N–H and O–H groups in total. The van der Waals surface area contributed by atoms with Gasteiger partial charge in [-0.05, 0) is 13.8 Å². The van der Waals surface area contributed by atoms with Crippen molar-refractivity contribution in [3.05, 3.63) is 0 Å². The van der Waals surface area contributed by atoms with Crippen LogP contribution in [-0.2, 0) is 14.3 Å². The van der Waals surface area contributed by atoms with Crippen molar-refractivity contribution >= 4 is 11.8 Å². The van der Waals surface area contributed by atoms with Gasteiger partial charge in [-0.1, -0.05) is 0 Å². The molecule has 0 aromatic rings. The fourth-order valence-electron chi connectivity index (χ4n) is 1.17. The Labute approximate surface area is 95.9 Å². The zero-order valence-corrected chi connectivity index (χ0v) is 10.1. The highest BCUT2D eigenvalue weighted by atomic mass is 16.5. The number of carbonyl (C=O) groups is 2. The zero-order chi connectivity index (χ0) is 12.6. The van der Waals surface area contributed by atoms with Crippen molar-refractivity contribution in [2.45, 2.75) is 25.8 Å². The van der Waals surface area contributed by atoms with Gasteiger partial charge in [-0.2, -0.15) is 0 Å². The highest BCUT2D eigenvalue weighted by Gasteiger charge is 2.20. The lowest BCUT2D eigenvalue weighted by Gasteiger charge is -2.24. The van der Waals surface area contributed by atoms with Crippen LogP contribution in [0.3, 0.4) is 0 Å². The van der Waals surface area contributed by atoms with Crippen molar-refractivity contribution in [3.63, 3.8) is 0 Å². The van der Waals surface area contributed by atoms with Crippen LogP contribution in [0.1, 0.15) is 20.3 Å². The molecule has 0 aromatic heterocycles. The first-order valence-corrected chi connectivity index (χ1v) is 5.16. The first-order chi connectivity index (χ1) is 7.37. The number of hydrogen-bond donors (Lipinski definition) is 3. The van der Waals surface area contributed by atoms with Crippen LogP contribution in [0.2, 0.25) is 0 Å². The molecular formula is C10H21N3O3. The number of ether oxygens (including phenoxy) is 1. The summed E-state index contributed by atoms with van der Waals surface area (Å²) in [6.45, 7) is 4.76. The van der Waals surface area contributed by atoms with E-state index in [1.165, 1.54) is 0 Å². The highest BCUT2D eigenvalue weighted by Crippen LogP contribution is 2.06. The lowest BCUT2D eigenvalue weighted by molar-refractivity contribution is -0.122. The minimum absolute atomic E-state index is 0.130. The molecule has 0 aromatic carbocycles. The second kappa shape index (κ2) is 7.19. The molecule has 6 heteroatoms. The van der Waals surface area contributed by atoms with Crippen molar-refractivity contribution < 1.29 is 14.3 Å². The average Bonchev–Trinajstić information content (AvgIpc) is 2.13. The van der Waals surface area contributed by atoms with Gasteiger partial charge in [0.15, 0.2) is 0 Å². The monoisotopic (exact) mass is 231 g/mol. The highest BCUT2D eigenvalue weighted by molar-refractivity contribution is 5.78. The third kappa shape index (κ3) is 8.19. The molecule has 0 rings (SSSR count). The summed E-state index contributed by atoms with van der Waals surface area (Å²) in [5.41, 5.74) is 4.62. The third-order valence-corrected chi connectivity index (χ3v) is 1.97. The molecule has 0 aliphatic heterocycles. The van der Waals surface area contributed by atoms with Gasteiger partial charge in [0.2, 0.25) is 11.8 Å². The number of carbonyl (C=O) groups excluding carboxylic acids is 2. The first kappa shape index (κ1) is 14.9. The van der Waals surface area contributed by atoms with Gasteiger partial charge >= 0.3 is 0 Å². The topological polar surface area (TPSA) is 93.4 Å². The number of primary amides is 1. The number of hydrogen-bond acceptors (Lipinski definition) is 4. The largest absolute Gasteiger partial charge is 0.383 e. The summed E-state index contributed by atoms with van der Waals surface area (Å²) in [6.07, 6.45) is 0.193. The molecule has 94 valence electrons. The van der Waals surface area contributed by atoms with Crippen molar-refractivity contribution in [1.82, 2.24) is 10.6 Å². The molecular weight excluding hydrogens is 210 g/mol. The smallest absolute Gasteiger partial charge is 0.234 e. The Morgan fingerprint density at radius 3 is 2.50 bits per heavy atom. The van der Waals surface area contributed by atoms with E-state index >= 15 is 0 Å². The average molecular weight is 231 g/mol. The number of rotatable bonds is 8. The number of nitrogens with one attached hydrogen (secondary N) is 2. The SMILES string of the molecule is COCCNC(=O)CNC(C)(C)CC(N)=O. The molecule has 0 radical (unpaired) electrons.